The summed E-state index contributed by atoms with van der Waals surface area (Å²) in [6.07, 6.45) is 0.898. The molecule has 0 atom stereocenters. The maximum absolute atomic E-state index is 11.2. The van der Waals surface area contributed by atoms with Crippen molar-refractivity contribution in [2.75, 3.05) is 0 Å². The van der Waals surface area contributed by atoms with Crippen LogP contribution in [0.25, 0.3) is 0 Å². The van der Waals surface area contributed by atoms with Crippen LogP contribution in [0.1, 0.15) is 18.9 Å². The highest BCUT2D eigenvalue weighted by Gasteiger charge is 2.05. The summed E-state index contributed by atoms with van der Waals surface area (Å²) >= 11 is 0. The van der Waals surface area contributed by atoms with Gasteiger partial charge >= 0.3 is 5.97 Å². The van der Waals surface area contributed by atoms with E-state index < -0.39 is 5.97 Å². The Morgan fingerprint density at radius 2 is 2.07 bits per heavy atom. The summed E-state index contributed by atoms with van der Waals surface area (Å²) in [7, 11) is 0. The molecule has 0 bridgehead atoms. The number of carbonyl (C=O) groups excluding carboxylic acids is 1. The van der Waals surface area contributed by atoms with Crippen molar-refractivity contribution in [1.29, 1.82) is 0 Å². The molecule has 0 unspecified atom stereocenters. The van der Waals surface area contributed by atoms with Gasteiger partial charge in [0.15, 0.2) is 0 Å². The number of oxime groups is 1. The van der Waals surface area contributed by atoms with Crippen LogP contribution in [0.3, 0.4) is 0 Å². The Kier molecular flexibility index (Phi) is 4.34. The number of aryl methyl sites for hydroxylation is 1. The number of benzene rings is 1. The average Bonchev–Trinajstić information content (AvgIpc) is 2.27. The molecule has 80 valence electrons. The van der Waals surface area contributed by atoms with E-state index in [9.17, 15) is 4.79 Å². The van der Waals surface area contributed by atoms with Gasteiger partial charge in [0, 0.05) is 6.92 Å². The maximum atomic E-state index is 11.2. The highest BCUT2D eigenvalue weighted by molar-refractivity contribution is 5.86. The minimum absolute atomic E-state index is 0.0342. The third kappa shape index (κ3) is 4.26. The summed E-state index contributed by atoms with van der Waals surface area (Å²) < 4.78 is 4.68. The van der Waals surface area contributed by atoms with Gasteiger partial charge < -0.3 is 9.94 Å². The molecular weight excluding hydrogens is 194 g/mol. The van der Waals surface area contributed by atoms with Crippen LogP contribution in [0.2, 0.25) is 0 Å². The van der Waals surface area contributed by atoms with Crippen molar-refractivity contribution in [3.8, 4) is 0 Å². The average molecular weight is 207 g/mol. The monoisotopic (exact) mass is 207 g/mol. The zero-order valence-electron chi connectivity index (χ0n) is 8.51. The quantitative estimate of drug-likeness (QED) is 0.271. The van der Waals surface area contributed by atoms with Crippen molar-refractivity contribution in [2.45, 2.75) is 19.8 Å². The van der Waals surface area contributed by atoms with E-state index in [2.05, 4.69) is 9.89 Å². The molecule has 0 spiro atoms. The number of ether oxygens (including phenoxy) is 1. The molecule has 0 heterocycles. The Bertz CT molecular complexity index is 346. The standard InChI is InChI=1S/C11H13NO3/c1-9(12-14)15-11(13)8-7-10-5-3-2-4-6-10/h2-6,14H,7-8H2,1H3. The van der Waals surface area contributed by atoms with Crippen LogP contribution in [0.5, 0.6) is 0 Å². The molecule has 0 aliphatic heterocycles. The van der Waals surface area contributed by atoms with E-state index in [1.165, 1.54) is 6.92 Å². The minimum atomic E-state index is -0.394. The lowest BCUT2D eigenvalue weighted by Gasteiger charge is -2.01. The van der Waals surface area contributed by atoms with Crippen LogP contribution >= 0.6 is 0 Å². The van der Waals surface area contributed by atoms with Gasteiger partial charge in [-0.1, -0.05) is 35.5 Å². The second-order valence-corrected chi connectivity index (χ2v) is 3.08. The van der Waals surface area contributed by atoms with Gasteiger partial charge in [-0.15, -0.1) is 0 Å². The van der Waals surface area contributed by atoms with E-state index in [0.717, 1.165) is 5.56 Å². The first-order valence-corrected chi connectivity index (χ1v) is 4.65. The van der Waals surface area contributed by atoms with Gasteiger partial charge in [0.2, 0.25) is 5.90 Å². The summed E-state index contributed by atoms with van der Waals surface area (Å²) in [4.78, 5) is 11.2. The lowest BCUT2D eigenvalue weighted by Crippen LogP contribution is -2.10. The zero-order valence-corrected chi connectivity index (χ0v) is 8.51. The van der Waals surface area contributed by atoms with Crippen LogP contribution in [0.15, 0.2) is 35.5 Å². The van der Waals surface area contributed by atoms with E-state index in [1.54, 1.807) is 0 Å². The summed E-state index contributed by atoms with van der Waals surface area (Å²) in [5.74, 6) is -0.429. The zero-order chi connectivity index (χ0) is 11.1. The van der Waals surface area contributed by atoms with Gasteiger partial charge in [-0.3, -0.25) is 4.79 Å². The predicted octanol–water partition coefficient (Wildman–Crippen LogP) is 1.97. The first-order valence-electron chi connectivity index (χ1n) is 4.65. The smallest absolute Gasteiger partial charge is 0.312 e. The molecule has 0 amide bonds. The summed E-state index contributed by atoms with van der Waals surface area (Å²) in [6, 6.07) is 9.65. The minimum Gasteiger partial charge on any atom is -0.409 e. The number of carbonyl (C=O) groups is 1. The van der Waals surface area contributed by atoms with Crippen LogP contribution in [-0.2, 0) is 16.0 Å². The lowest BCUT2D eigenvalue weighted by atomic mass is 10.1. The van der Waals surface area contributed by atoms with E-state index in [0.29, 0.717) is 6.42 Å². The van der Waals surface area contributed by atoms with Crippen molar-refractivity contribution in [1.82, 2.24) is 0 Å². The molecule has 0 radical (unpaired) electrons. The maximum Gasteiger partial charge on any atom is 0.312 e. The molecule has 4 nitrogen and oxygen atoms in total. The van der Waals surface area contributed by atoms with E-state index in [1.807, 2.05) is 30.3 Å². The molecule has 4 heteroatoms. The molecule has 1 aromatic carbocycles. The number of hydrogen-bond donors (Lipinski definition) is 1. The van der Waals surface area contributed by atoms with Gasteiger partial charge in [0.1, 0.15) is 0 Å². The first-order chi connectivity index (χ1) is 7.22. The van der Waals surface area contributed by atoms with Crippen molar-refractivity contribution in [2.24, 2.45) is 5.16 Å². The lowest BCUT2D eigenvalue weighted by molar-refractivity contribution is -0.135. The molecule has 0 saturated heterocycles. The Morgan fingerprint density at radius 1 is 1.40 bits per heavy atom. The molecule has 1 N–H and O–H groups in total. The van der Waals surface area contributed by atoms with Gasteiger partial charge in [-0.25, -0.2) is 0 Å². The van der Waals surface area contributed by atoms with Gasteiger partial charge in [0.05, 0.1) is 6.42 Å². The third-order valence-corrected chi connectivity index (χ3v) is 1.86. The van der Waals surface area contributed by atoms with Crippen LogP contribution in [0.4, 0.5) is 0 Å². The van der Waals surface area contributed by atoms with Crippen LogP contribution in [-0.4, -0.2) is 17.1 Å². The Hall–Kier alpha value is -1.84. The topological polar surface area (TPSA) is 58.9 Å². The third-order valence-electron chi connectivity index (χ3n) is 1.86. The molecule has 1 rings (SSSR count). The highest BCUT2D eigenvalue weighted by atomic mass is 16.6. The molecular formula is C11H13NO3. The Balaban J connectivity index is 2.35. The van der Waals surface area contributed by atoms with Crippen molar-refractivity contribution >= 4 is 11.9 Å². The summed E-state index contributed by atoms with van der Waals surface area (Å²) in [6.45, 7) is 1.42. The van der Waals surface area contributed by atoms with E-state index in [-0.39, 0.29) is 12.3 Å². The fraction of sp³-hybridized carbons (Fsp3) is 0.273. The Labute approximate surface area is 88.2 Å². The van der Waals surface area contributed by atoms with Crippen molar-refractivity contribution in [3.63, 3.8) is 0 Å². The summed E-state index contributed by atoms with van der Waals surface area (Å²) in [5, 5.41) is 11.0. The van der Waals surface area contributed by atoms with Crippen LogP contribution < -0.4 is 0 Å². The fourth-order valence-electron chi connectivity index (χ4n) is 1.13. The number of esters is 1. The highest BCUT2D eigenvalue weighted by Crippen LogP contribution is 2.03. The summed E-state index contributed by atoms with van der Waals surface area (Å²) in [5.41, 5.74) is 1.08. The molecule has 0 saturated carbocycles. The van der Waals surface area contributed by atoms with Gasteiger partial charge in [-0.2, -0.15) is 0 Å². The molecule has 0 aliphatic carbocycles. The largest absolute Gasteiger partial charge is 0.409 e. The van der Waals surface area contributed by atoms with Crippen molar-refractivity contribution in [3.05, 3.63) is 35.9 Å². The van der Waals surface area contributed by atoms with Crippen LogP contribution in [0, 0.1) is 0 Å². The number of rotatable bonds is 3. The molecule has 0 fully saturated rings. The Morgan fingerprint density at radius 3 is 2.67 bits per heavy atom. The first kappa shape index (κ1) is 11.2. The van der Waals surface area contributed by atoms with E-state index >= 15 is 0 Å². The predicted molar refractivity (Wildman–Crippen MR) is 55.8 cm³/mol. The van der Waals surface area contributed by atoms with E-state index in [4.69, 9.17) is 5.21 Å². The molecule has 0 aliphatic rings. The normalized spacial score (nSPS) is 11.1. The fourth-order valence-corrected chi connectivity index (χ4v) is 1.13. The van der Waals surface area contributed by atoms with Crippen molar-refractivity contribution < 1.29 is 14.7 Å². The van der Waals surface area contributed by atoms with Gasteiger partial charge in [-0.05, 0) is 12.0 Å². The number of nitrogens with zero attached hydrogens (tertiary/aromatic N) is 1. The molecule has 0 aromatic heterocycles. The van der Waals surface area contributed by atoms with Gasteiger partial charge in [0.25, 0.3) is 0 Å². The second-order valence-electron chi connectivity index (χ2n) is 3.08. The SMILES string of the molecule is CC(=NO)OC(=O)CCc1ccccc1. The molecule has 15 heavy (non-hydrogen) atoms. The number of hydrogen-bond acceptors (Lipinski definition) is 4. The molecule has 1 aromatic rings. The second kappa shape index (κ2) is 5.80.